The van der Waals surface area contributed by atoms with Crippen molar-refractivity contribution in [2.75, 3.05) is 24.6 Å². The third kappa shape index (κ3) is 2.68. The van der Waals surface area contributed by atoms with Crippen LogP contribution in [0.4, 0.5) is 5.69 Å². The van der Waals surface area contributed by atoms with Crippen molar-refractivity contribution < 1.29 is 9.26 Å². The highest BCUT2D eigenvalue weighted by molar-refractivity contribution is 6.33. The summed E-state index contributed by atoms with van der Waals surface area (Å²) < 4.78 is 11.1. The first-order valence-corrected chi connectivity index (χ1v) is 8.14. The van der Waals surface area contributed by atoms with Gasteiger partial charge in [0.1, 0.15) is 18.1 Å². The number of fused-ring (bicyclic) bond motifs is 1. The number of unbranched alkanes of at least 4 members (excludes halogenated alkanes) is 1. The molecule has 0 fully saturated rings. The molecule has 1 aromatic carbocycles. The monoisotopic (exact) mass is 320 g/mol. The number of aromatic nitrogens is 1. The highest BCUT2D eigenvalue weighted by Crippen LogP contribution is 2.42. The van der Waals surface area contributed by atoms with Gasteiger partial charge in [-0.1, -0.05) is 30.1 Å². The van der Waals surface area contributed by atoms with Crippen LogP contribution in [0.5, 0.6) is 5.75 Å². The quantitative estimate of drug-likeness (QED) is 0.824. The van der Waals surface area contributed by atoms with Crippen LogP contribution in [0.1, 0.15) is 31.2 Å². The molecule has 0 aliphatic carbocycles. The molecular weight excluding hydrogens is 300 g/mol. The summed E-state index contributed by atoms with van der Waals surface area (Å²) in [6.45, 7) is 8.69. The second-order valence-electron chi connectivity index (χ2n) is 5.69. The van der Waals surface area contributed by atoms with Crippen LogP contribution in [0.3, 0.4) is 0 Å². The van der Waals surface area contributed by atoms with Crippen molar-refractivity contribution in [2.24, 2.45) is 0 Å². The standard InChI is InChI=1S/C17H21ClN2O2/c1-4-5-6-20-7-8-21-16-9-13(14(18)10-15(16)20)17-11(2)19-22-12(17)3/h9-10H,4-8H2,1-3H3. The summed E-state index contributed by atoms with van der Waals surface area (Å²) in [5.41, 5.74) is 3.81. The van der Waals surface area contributed by atoms with E-state index in [1.807, 2.05) is 26.0 Å². The molecule has 3 rings (SSSR count). The first-order valence-electron chi connectivity index (χ1n) is 7.76. The molecule has 1 aliphatic heterocycles. The van der Waals surface area contributed by atoms with Gasteiger partial charge in [-0.05, 0) is 32.4 Å². The van der Waals surface area contributed by atoms with Gasteiger partial charge in [-0.25, -0.2) is 0 Å². The zero-order valence-electron chi connectivity index (χ0n) is 13.3. The summed E-state index contributed by atoms with van der Waals surface area (Å²) in [7, 11) is 0. The SMILES string of the molecule is CCCCN1CCOc2cc(-c3c(C)noc3C)c(Cl)cc21. The molecule has 4 nitrogen and oxygen atoms in total. The lowest BCUT2D eigenvalue weighted by Gasteiger charge is -2.32. The Morgan fingerprint density at radius 3 is 2.82 bits per heavy atom. The molecule has 0 N–H and O–H groups in total. The van der Waals surface area contributed by atoms with E-state index in [0.29, 0.717) is 11.6 Å². The van der Waals surface area contributed by atoms with E-state index in [9.17, 15) is 0 Å². The fourth-order valence-electron chi connectivity index (χ4n) is 2.93. The molecule has 118 valence electrons. The Morgan fingerprint density at radius 1 is 1.32 bits per heavy atom. The predicted octanol–water partition coefficient (Wildman–Crippen LogP) is 4.61. The summed E-state index contributed by atoms with van der Waals surface area (Å²) in [6, 6.07) is 4.02. The fraction of sp³-hybridized carbons (Fsp3) is 0.471. The van der Waals surface area contributed by atoms with Gasteiger partial charge >= 0.3 is 0 Å². The topological polar surface area (TPSA) is 38.5 Å². The number of aryl methyl sites for hydroxylation is 2. The average Bonchev–Trinajstić information content (AvgIpc) is 2.84. The van der Waals surface area contributed by atoms with Crippen LogP contribution in [-0.2, 0) is 0 Å². The minimum Gasteiger partial charge on any atom is -0.490 e. The number of halogens is 1. The van der Waals surface area contributed by atoms with Crippen LogP contribution >= 0.6 is 11.6 Å². The number of rotatable bonds is 4. The summed E-state index contributed by atoms with van der Waals surface area (Å²) >= 11 is 6.54. The Labute approximate surface area is 136 Å². The molecule has 0 bridgehead atoms. The van der Waals surface area contributed by atoms with Crippen molar-refractivity contribution in [2.45, 2.75) is 33.6 Å². The number of hydrogen-bond acceptors (Lipinski definition) is 4. The second kappa shape index (κ2) is 6.21. The lowest BCUT2D eigenvalue weighted by Crippen LogP contribution is -2.33. The van der Waals surface area contributed by atoms with E-state index < -0.39 is 0 Å². The summed E-state index contributed by atoms with van der Waals surface area (Å²) in [5.74, 6) is 1.67. The molecule has 0 spiro atoms. The van der Waals surface area contributed by atoms with Crippen molar-refractivity contribution in [3.8, 4) is 16.9 Å². The molecule has 0 amide bonds. The number of hydrogen-bond donors (Lipinski definition) is 0. The third-order valence-electron chi connectivity index (χ3n) is 4.09. The second-order valence-corrected chi connectivity index (χ2v) is 6.10. The lowest BCUT2D eigenvalue weighted by molar-refractivity contribution is 0.307. The molecule has 2 aromatic rings. The molecule has 22 heavy (non-hydrogen) atoms. The van der Waals surface area contributed by atoms with E-state index >= 15 is 0 Å². The number of anilines is 1. The van der Waals surface area contributed by atoms with Crippen LogP contribution in [0.2, 0.25) is 5.02 Å². The Hall–Kier alpha value is -1.68. The largest absolute Gasteiger partial charge is 0.490 e. The van der Waals surface area contributed by atoms with E-state index in [0.717, 1.165) is 47.1 Å². The lowest BCUT2D eigenvalue weighted by atomic mass is 10.0. The molecule has 0 unspecified atom stereocenters. The van der Waals surface area contributed by atoms with Crippen LogP contribution in [0.15, 0.2) is 16.7 Å². The average molecular weight is 321 g/mol. The van der Waals surface area contributed by atoms with Gasteiger partial charge in [-0.2, -0.15) is 0 Å². The minimum atomic E-state index is 0.708. The summed E-state index contributed by atoms with van der Waals surface area (Å²) in [4.78, 5) is 2.35. The van der Waals surface area contributed by atoms with Crippen LogP contribution < -0.4 is 9.64 Å². The first kappa shape index (κ1) is 15.2. The molecule has 1 aliphatic rings. The van der Waals surface area contributed by atoms with Crippen molar-refractivity contribution in [1.29, 1.82) is 0 Å². The zero-order chi connectivity index (χ0) is 15.7. The van der Waals surface area contributed by atoms with Crippen molar-refractivity contribution >= 4 is 17.3 Å². The van der Waals surface area contributed by atoms with E-state index in [-0.39, 0.29) is 0 Å². The maximum atomic E-state index is 6.54. The molecular formula is C17H21ClN2O2. The van der Waals surface area contributed by atoms with Crippen molar-refractivity contribution in [3.05, 3.63) is 28.6 Å². The normalized spacial score (nSPS) is 13.9. The fourth-order valence-corrected chi connectivity index (χ4v) is 3.18. The third-order valence-corrected chi connectivity index (χ3v) is 4.41. The molecule has 2 heterocycles. The molecule has 0 saturated heterocycles. The van der Waals surface area contributed by atoms with Gasteiger partial charge in [0, 0.05) is 17.7 Å². The van der Waals surface area contributed by atoms with E-state index in [4.69, 9.17) is 20.9 Å². The Kier molecular flexibility index (Phi) is 4.30. The van der Waals surface area contributed by atoms with E-state index in [1.165, 1.54) is 12.8 Å². The summed E-state index contributed by atoms with van der Waals surface area (Å²) in [6.07, 6.45) is 2.35. The molecule has 5 heteroatoms. The van der Waals surface area contributed by atoms with Gasteiger partial charge in [-0.15, -0.1) is 0 Å². The predicted molar refractivity (Wildman–Crippen MR) is 89.0 cm³/mol. The van der Waals surface area contributed by atoms with Gasteiger partial charge < -0.3 is 14.2 Å². The summed E-state index contributed by atoms with van der Waals surface area (Å²) in [5, 5.41) is 4.72. The molecule has 0 radical (unpaired) electrons. The number of ether oxygens (including phenoxy) is 1. The Bertz CT molecular complexity index is 662. The van der Waals surface area contributed by atoms with Gasteiger partial charge in [0.15, 0.2) is 0 Å². The van der Waals surface area contributed by atoms with Crippen LogP contribution in [0.25, 0.3) is 11.1 Å². The zero-order valence-corrected chi connectivity index (χ0v) is 14.0. The minimum absolute atomic E-state index is 0.708. The molecule has 1 aromatic heterocycles. The van der Waals surface area contributed by atoms with Gasteiger partial charge in [0.2, 0.25) is 0 Å². The maximum absolute atomic E-state index is 6.54. The van der Waals surface area contributed by atoms with Crippen LogP contribution in [-0.4, -0.2) is 24.9 Å². The molecule has 0 saturated carbocycles. The highest BCUT2D eigenvalue weighted by Gasteiger charge is 2.22. The van der Waals surface area contributed by atoms with Crippen LogP contribution in [0, 0.1) is 13.8 Å². The van der Waals surface area contributed by atoms with E-state index in [1.54, 1.807) is 0 Å². The smallest absolute Gasteiger partial charge is 0.143 e. The maximum Gasteiger partial charge on any atom is 0.143 e. The van der Waals surface area contributed by atoms with E-state index in [2.05, 4.69) is 17.0 Å². The Balaban J connectivity index is 2.03. The first-order chi connectivity index (χ1) is 10.6. The highest BCUT2D eigenvalue weighted by atomic mass is 35.5. The van der Waals surface area contributed by atoms with Gasteiger partial charge in [-0.3, -0.25) is 0 Å². The van der Waals surface area contributed by atoms with Gasteiger partial charge in [0.05, 0.1) is 22.9 Å². The Morgan fingerprint density at radius 2 is 2.14 bits per heavy atom. The van der Waals surface area contributed by atoms with Crippen molar-refractivity contribution in [1.82, 2.24) is 5.16 Å². The number of benzene rings is 1. The molecule has 0 atom stereocenters. The number of nitrogens with zero attached hydrogens (tertiary/aromatic N) is 2. The van der Waals surface area contributed by atoms with Crippen molar-refractivity contribution in [3.63, 3.8) is 0 Å². The van der Waals surface area contributed by atoms with Gasteiger partial charge in [0.25, 0.3) is 0 Å².